The van der Waals surface area contributed by atoms with E-state index < -0.39 is 17.7 Å². The van der Waals surface area contributed by atoms with E-state index in [1.165, 1.54) is 24.4 Å². The Hall–Kier alpha value is -5.98. The van der Waals surface area contributed by atoms with Gasteiger partial charge in [-0.15, -0.1) is 0 Å². The number of methoxy groups -OCH3 is 1. The number of ketones is 1. The maximum atomic E-state index is 13.6. The molecule has 1 aliphatic heterocycles. The lowest BCUT2D eigenvalue weighted by Crippen LogP contribution is -2.52. The molecule has 0 unspecified atom stereocenters. The number of aromatic nitrogens is 4. The van der Waals surface area contributed by atoms with E-state index in [1.54, 1.807) is 77.3 Å². The Bertz CT molecular complexity index is 1930. The van der Waals surface area contributed by atoms with E-state index in [9.17, 15) is 19.2 Å². The van der Waals surface area contributed by atoms with Gasteiger partial charge in [0.05, 0.1) is 41.9 Å². The summed E-state index contributed by atoms with van der Waals surface area (Å²) in [6, 6.07) is 17.4. The second-order valence-corrected chi connectivity index (χ2v) is 10.7. The highest BCUT2D eigenvalue weighted by atomic mass is 16.5. The Labute approximate surface area is 269 Å². The standard InChI is InChI=1S/C34H32N6O7/c1-3-46-34(44)23-9-11-25(12-10-23)47-21-24-13-14-40(37-24)31-29-28(27(45-2)20-36-31)26(19-35-29)30(41)33(43)39-17-15-38(16-18-39)32(42)22-7-5-4-6-8-22/h4-14,19-20,35H,3,15-18,21H2,1-2H3. The highest BCUT2D eigenvalue weighted by molar-refractivity contribution is 6.45. The van der Waals surface area contributed by atoms with Crippen molar-refractivity contribution in [1.29, 1.82) is 0 Å². The quantitative estimate of drug-likeness (QED) is 0.138. The summed E-state index contributed by atoms with van der Waals surface area (Å²) in [5.41, 5.74) is 2.23. The van der Waals surface area contributed by atoms with Gasteiger partial charge in [0.25, 0.3) is 17.6 Å². The molecule has 1 fully saturated rings. The van der Waals surface area contributed by atoms with Crippen molar-refractivity contribution in [2.75, 3.05) is 39.9 Å². The maximum Gasteiger partial charge on any atom is 0.338 e. The zero-order valence-corrected chi connectivity index (χ0v) is 25.8. The molecule has 13 nitrogen and oxygen atoms in total. The van der Waals surface area contributed by atoms with Crippen molar-refractivity contribution >= 4 is 34.5 Å². The molecule has 5 aromatic rings. The van der Waals surface area contributed by atoms with Crippen LogP contribution >= 0.6 is 0 Å². The first-order valence-electron chi connectivity index (χ1n) is 15.0. The van der Waals surface area contributed by atoms with Crippen LogP contribution in [0.15, 0.2) is 79.3 Å². The highest BCUT2D eigenvalue weighted by Crippen LogP contribution is 2.32. The molecule has 0 bridgehead atoms. The van der Waals surface area contributed by atoms with Crippen LogP contribution in [0.25, 0.3) is 16.7 Å². The molecule has 0 saturated carbocycles. The van der Waals surface area contributed by atoms with Crippen LogP contribution in [0.2, 0.25) is 0 Å². The summed E-state index contributed by atoms with van der Waals surface area (Å²) < 4.78 is 17.9. The molecule has 0 atom stereocenters. The number of H-pyrrole nitrogens is 1. The fourth-order valence-electron chi connectivity index (χ4n) is 5.36. The number of rotatable bonds is 10. The third kappa shape index (κ3) is 6.41. The van der Waals surface area contributed by atoms with Crippen molar-refractivity contribution in [3.8, 4) is 17.3 Å². The minimum Gasteiger partial charge on any atom is -0.494 e. The minimum atomic E-state index is -0.696. The Morgan fingerprint density at radius 2 is 1.62 bits per heavy atom. The van der Waals surface area contributed by atoms with Crippen molar-refractivity contribution in [2.45, 2.75) is 13.5 Å². The molecular formula is C34H32N6O7. The monoisotopic (exact) mass is 636 g/mol. The number of aromatic amines is 1. The number of pyridine rings is 1. The maximum absolute atomic E-state index is 13.6. The summed E-state index contributed by atoms with van der Waals surface area (Å²) in [4.78, 5) is 62.3. The van der Waals surface area contributed by atoms with Crippen molar-refractivity contribution in [2.24, 2.45) is 0 Å². The van der Waals surface area contributed by atoms with Gasteiger partial charge in [-0.25, -0.2) is 14.5 Å². The average molecular weight is 637 g/mol. The number of nitrogens with one attached hydrogen (secondary N) is 1. The van der Waals surface area contributed by atoms with E-state index in [4.69, 9.17) is 14.2 Å². The molecule has 6 rings (SSSR count). The number of fused-ring (bicyclic) bond motifs is 1. The second kappa shape index (κ2) is 13.6. The smallest absolute Gasteiger partial charge is 0.338 e. The number of Topliss-reactive ketones (excluding diaryl/α,β-unsaturated/α-hetero) is 1. The SMILES string of the molecule is CCOC(=O)c1ccc(OCc2ccn(-c3ncc(OC)c4c(C(=O)C(=O)N5CCN(C(=O)c6ccccc6)CC5)c[nH]c34)n2)cc1. The van der Waals surface area contributed by atoms with Gasteiger partial charge in [-0.1, -0.05) is 18.2 Å². The van der Waals surface area contributed by atoms with E-state index in [-0.39, 0.29) is 31.2 Å². The van der Waals surface area contributed by atoms with Crippen LogP contribution in [0, 0.1) is 0 Å². The lowest BCUT2D eigenvalue weighted by molar-refractivity contribution is -0.127. The molecule has 240 valence electrons. The predicted octanol–water partition coefficient (Wildman–Crippen LogP) is 3.68. The third-order valence-corrected chi connectivity index (χ3v) is 7.80. The van der Waals surface area contributed by atoms with Crippen LogP contribution in [-0.2, 0) is 16.1 Å². The van der Waals surface area contributed by atoms with Crippen LogP contribution in [-0.4, -0.2) is 93.0 Å². The lowest BCUT2D eigenvalue weighted by Gasteiger charge is -2.34. The number of nitrogens with zero attached hydrogens (tertiary/aromatic N) is 5. The summed E-state index contributed by atoms with van der Waals surface area (Å²) in [6.45, 7) is 3.32. The van der Waals surface area contributed by atoms with Crippen LogP contribution in [0.5, 0.6) is 11.5 Å². The van der Waals surface area contributed by atoms with Crippen LogP contribution in [0.3, 0.4) is 0 Å². The fourth-order valence-corrected chi connectivity index (χ4v) is 5.36. The van der Waals surface area contributed by atoms with Gasteiger partial charge in [-0.05, 0) is 49.4 Å². The zero-order chi connectivity index (χ0) is 32.9. The summed E-state index contributed by atoms with van der Waals surface area (Å²) in [5.74, 6) is -0.594. The summed E-state index contributed by atoms with van der Waals surface area (Å²) in [5, 5.41) is 4.99. The van der Waals surface area contributed by atoms with Gasteiger partial charge in [0.2, 0.25) is 0 Å². The average Bonchev–Trinajstić information content (AvgIpc) is 3.78. The van der Waals surface area contributed by atoms with Crippen molar-refractivity contribution in [3.63, 3.8) is 0 Å². The number of piperazine rings is 1. The number of amides is 2. The van der Waals surface area contributed by atoms with Gasteiger partial charge < -0.3 is 29.0 Å². The van der Waals surface area contributed by atoms with Gasteiger partial charge in [0.1, 0.15) is 23.8 Å². The second-order valence-electron chi connectivity index (χ2n) is 10.7. The number of hydrogen-bond acceptors (Lipinski definition) is 9. The van der Waals surface area contributed by atoms with Crippen molar-refractivity contribution < 1.29 is 33.4 Å². The lowest BCUT2D eigenvalue weighted by atomic mass is 10.1. The third-order valence-electron chi connectivity index (χ3n) is 7.80. The van der Waals surface area contributed by atoms with Gasteiger partial charge >= 0.3 is 5.97 Å². The van der Waals surface area contributed by atoms with Gasteiger partial charge in [-0.3, -0.25) is 14.4 Å². The molecule has 0 aliphatic carbocycles. The van der Waals surface area contributed by atoms with Gasteiger partial charge in [-0.2, -0.15) is 5.10 Å². The predicted molar refractivity (Wildman–Crippen MR) is 170 cm³/mol. The van der Waals surface area contributed by atoms with E-state index in [0.29, 0.717) is 64.7 Å². The van der Waals surface area contributed by atoms with E-state index in [1.807, 2.05) is 6.07 Å². The first-order valence-corrected chi connectivity index (χ1v) is 15.0. The Morgan fingerprint density at radius 3 is 2.32 bits per heavy atom. The molecular weight excluding hydrogens is 604 g/mol. The number of carbonyl (C=O) groups is 4. The Kier molecular flexibility index (Phi) is 8.95. The van der Waals surface area contributed by atoms with E-state index in [2.05, 4.69) is 15.1 Å². The number of ether oxygens (including phenoxy) is 3. The largest absolute Gasteiger partial charge is 0.494 e. The molecule has 1 saturated heterocycles. The first-order chi connectivity index (χ1) is 22.9. The summed E-state index contributed by atoms with van der Waals surface area (Å²) in [7, 11) is 1.46. The molecule has 0 spiro atoms. The number of esters is 1. The van der Waals surface area contributed by atoms with Crippen molar-refractivity contribution in [3.05, 3.63) is 102 Å². The molecule has 3 aromatic heterocycles. The normalized spacial score (nSPS) is 13.0. The van der Waals surface area contributed by atoms with Crippen LogP contribution < -0.4 is 9.47 Å². The van der Waals surface area contributed by atoms with Gasteiger partial charge in [0, 0.05) is 44.1 Å². The topological polar surface area (TPSA) is 149 Å². The van der Waals surface area contributed by atoms with E-state index >= 15 is 0 Å². The van der Waals surface area contributed by atoms with Crippen LogP contribution in [0.1, 0.15) is 43.7 Å². The summed E-state index contributed by atoms with van der Waals surface area (Å²) in [6.07, 6.45) is 4.66. The molecule has 13 heteroatoms. The molecule has 0 radical (unpaired) electrons. The number of carbonyl (C=O) groups excluding carboxylic acids is 4. The Morgan fingerprint density at radius 1 is 0.894 bits per heavy atom. The molecule has 1 aliphatic rings. The molecule has 4 heterocycles. The van der Waals surface area contributed by atoms with Gasteiger partial charge in [0.15, 0.2) is 5.82 Å². The Balaban J connectivity index is 1.15. The van der Waals surface area contributed by atoms with Crippen molar-refractivity contribution in [1.82, 2.24) is 29.5 Å². The number of benzene rings is 2. The highest BCUT2D eigenvalue weighted by Gasteiger charge is 2.31. The molecule has 2 amide bonds. The molecule has 1 N–H and O–H groups in total. The minimum absolute atomic E-state index is 0.108. The fraction of sp³-hybridized carbons (Fsp3) is 0.235. The number of hydrogen-bond donors (Lipinski definition) is 1. The summed E-state index contributed by atoms with van der Waals surface area (Å²) >= 11 is 0. The zero-order valence-electron chi connectivity index (χ0n) is 25.8. The molecule has 47 heavy (non-hydrogen) atoms. The molecule has 2 aromatic carbocycles. The van der Waals surface area contributed by atoms with E-state index in [0.717, 1.165) is 0 Å². The first kappa shape index (κ1) is 31.0. The van der Waals surface area contributed by atoms with Crippen LogP contribution in [0.4, 0.5) is 0 Å².